The topological polar surface area (TPSA) is 84.7 Å². The maximum atomic E-state index is 12.6. The van der Waals surface area contributed by atoms with E-state index in [0.29, 0.717) is 31.8 Å². The van der Waals surface area contributed by atoms with Gasteiger partial charge in [-0.3, -0.25) is 9.59 Å². The predicted molar refractivity (Wildman–Crippen MR) is 112 cm³/mol. The van der Waals surface area contributed by atoms with Crippen LogP contribution in [-0.4, -0.2) is 49.0 Å². The van der Waals surface area contributed by atoms with Gasteiger partial charge in [0.2, 0.25) is 11.8 Å². The van der Waals surface area contributed by atoms with Crippen molar-refractivity contribution in [2.24, 2.45) is 11.7 Å². The Morgan fingerprint density at radius 1 is 1.18 bits per heavy atom. The molecule has 0 spiro atoms. The van der Waals surface area contributed by atoms with Gasteiger partial charge in [-0.05, 0) is 37.7 Å². The van der Waals surface area contributed by atoms with Gasteiger partial charge in [0.1, 0.15) is 5.75 Å². The molecule has 0 radical (unpaired) electrons. The lowest BCUT2D eigenvalue weighted by Gasteiger charge is -2.33. The summed E-state index contributed by atoms with van der Waals surface area (Å²) in [7, 11) is 1.62. The van der Waals surface area contributed by atoms with E-state index < -0.39 is 0 Å². The maximum absolute atomic E-state index is 12.6. The second kappa shape index (κ2) is 10.7. The Kier molecular flexibility index (Phi) is 8.58. The van der Waals surface area contributed by atoms with Crippen LogP contribution in [0.1, 0.15) is 44.1 Å². The summed E-state index contributed by atoms with van der Waals surface area (Å²) in [6.45, 7) is 1.36. The summed E-state index contributed by atoms with van der Waals surface area (Å²) >= 11 is 0. The van der Waals surface area contributed by atoms with Crippen LogP contribution in [0.5, 0.6) is 5.75 Å². The molecule has 156 valence electrons. The number of nitrogens with zero attached hydrogens (tertiary/aromatic N) is 1. The standard InChI is InChI=1S/C21H31N3O3.ClH/c1-27-19-8-3-2-5-16(19)14-21(26)24-11-9-17(10-12-24)23-20(25)13-15-6-4-7-18(15)22;/h2-3,5,8,15,17-18H,4,6-7,9-14,22H2,1H3,(H,23,25);1H/t15-,18+;/m0./s1. The number of carbonyl (C=O) groups is 2. The number of halogens is 1. The van der Waals surface area contributed by atoms with Gasteiger partial charge in [0, 0.05) is 37.2 Å². The van der Waals surface area contributed by atoms with Crippen molar-refractivity contribution in [2.75, 3.05) is 20.2 Å². The summed E-state index contributed by atoms with van der Waals surface area (Å²) in [5, 5.41) is 3.14. The van der Waals surface area contributed by atoms with Crippen molar-refractivity contribution in [1.29, 1.82) is 0 Å². The molecule has 2 amide bonds. The van der Waals surface area contributed by atoms with Gasteiger partial charge < -0.3 is 20.7 Å². The zero-order chi connectivity index (χ0) is 19.2. The lowest BCUT2D eigenvalue weighted by atomic mass is 9.98. The molecule has 1 aromatic rings. The van der Waals surface area contributed by atoms with E-state index in [1.54, 1.807) is 7.11 Å². The molecular formula is C21H32ClN3O3. The number of hydrogen-bond acceptors (Lipinski definition) is 4. The minimum atomic E-state index is 0. The fraction of sp³-hybridized carbons (Fsp3) is 0.619. The zero-order valence-electron chi connectivity index (χ0n) is 16.6. The quantitative estimate of drug-likeness (QED) is 0.754. The molecule has 3 N–H and O–H groups in total. The number of para-hydroxylation sites is 1. The molecule has 2 atom stereocenters. The van der Waals surface area contributed by atoms with Crippen LogP contribution >= 0.6 is 12.4 Å². The van der Waals surface area contributed by atoms with Crippen molar-refractivity contribution in [3.8, 4) is 5.75 Å². The fourth-order valence-corrected chi connectivity index (χ4v) is 4.24. The molecule has 0 aromatic heterocycles. The maximum Gasteiger partial charge on any atom is 0.227 e. The normalized spacial score (nSPS) is 22.4. The number of hydrogen-bond donors (Lipinski definition) is 2. The first-order valence-corrected chi connectivity index (χ1v) is 10.0. The Bertz CT molecular complexity index is 662. The third-order valence-electron chi connectivity index (χ3n) is 5.91. The van der Waals surface area contributed by atoms with Crippen LogP contribution in [0.15, 0.2) is 24.3 Å². The van der Waals surface area contributed by atoms with E-state index in [-0.39, 0.29) is 36.3 Å². The molecule has 1 aliphatic heterocycles. The summed E-state index contributed by atoms with van der Waals surface area (Å²) < 4.78 is 5.33. The van der Waals surface area contributed by atoms with Crippen molar-refractivity contribution in [3.05, 3.63) is 29.8 Å². The highest BCUT2D eigenvalue weighted by Gasteiger charge is 2.28. The SMILES string of the molecule is COc1ccccc1CC(=O)N1CCC(NC(=O)C[C@@H]2CCC[C@H]2N)CC1.Cl. The molecule has 7 heteroatoms. The Balaban J connectivity index is 0.00000280. The van der Waals surface area contributed by atoms with Crippen LogP contribution in [0.2, 0.25) is 0 Å². The van der Waals surface area contributed by atoms with Gasteiger partial charge in [-0.2, -0.15) is 0 Å². The molecule has 2 aliphatic rings. The molecule has 1 aliphatic carbocycles. The molecule has 1 saturated carbocycles. The first-order valence-electron chi connectivity index (χ1n) is 10.0. The molecule has 28 heavy (non-hydrogen) atoms. The van der Waals surface area contributed by atoms with Gasteiger partial charge >= 0.3 is 0 Å². The second-order valence-electron chi connectivity index (χ2n) is 7.77. The summed E-state index contributed by atoms with van der Waals surface area (Å²) in [6, 6.07) is 7.95. The molecule has 2 fully saturated rings. The van der Waals surface area contributed by atoms with E-state index in [1.165, 1.54) is 0 Å². The first-order chi connectivity index (χ1) is 13.1. The number of nitrogens with one attached hydrogen (secondary N) is 1. The van der Waals surface area contributed by atoms with Crippen molar-refractivity contribution in [2.45, 2.75) is 57.0 Å². The van der Waals surface area contributed by atoms with Crippen LogP contribution < -0.4 is 15.8 Å². The minimum absolute atomic E-state index is 0. The van der Waals surface area contributed by atoms with E-state index >= 15 is 0 Å². The molecule has 6 nitrogen and oxygen atoms in total. The summed E-state index contributed by atoms with van der Waals surface area (Å²) in [5.41, 5.74) is 6.97. The Morgan fingerprint density at radius 3 is 2.54 bits per heavy atom. The summed E-state index contributed by atoms with van der Waals surface area (Å²) in [6.07, 6.45) is 5.72. The lowest BCUT2D eigenvalue weighted by Crippen LogP contribution is -2.47. The average molecular weight is 410 g/mol. The van der Waals surface area contributed by atoms with Gasteiger partial charge in [0.05, 0.1) is 13.5 Å². The molecular weight excluding hydrogens is 378 g/mol. The molecule has 3 rings (SSSR count). The fourth-order valence-electron chi connectivity index (χ4n) is 4.24. The number of amides is 2. The second-order valence-corrected chi connectivity index (χ2v) is 7.77. The number of likely N-dealkylation sites (tertiary alicyclic amines) is 1. The highest BCUT2D eigenvalue weighted by atomic mass is 35.5. The Labute approximate surface area is 173 Å². The first kappa shape index (κ1) is 22.5. The van der Waals surface area contributed by atoms with Crippen LogP contribution in [0, 0.1) is 5.92 Å². The van der Waals surface area contributed by atoms with Crippen molar-refractivity contribution >= 4 is 24.2 Å². The van der Waals surface area contributed by atoms with Gasteiger partial charge in [-0.25, -0.2) is 0 Å². The number of carbonyl (C=O) groups excluding carboxylic acids is 2. The van der Waals surface area contributed by atoms with E-state index in [2.05, 4.69) is 5.32 Å². The predicted octanol–water partition coefficient (Wildman–Crippen LogP) is 2.28. The van der Waals surface area contributed by atoms with Crippen LogP contribution in [0.4, 0.5) is 0 Å². The van der Waals surface area contributed by atoms with Gasteiger partial charge in [0.25, 0.3) is 0 Å². The molecule has 0 bridgehead atoms. The number of methoxy groups -OCH3 is 1. The summed E-state index contributed by atoms with van der Waals surface area (Å²) in [5.74, 6) is 1.29. The zero-order valence-corrected chi connectivity index (χ0v) is 17.4. The summed E-state index contributed by atoms with van der Waals surface area (Å²) in [4.78, 5) is 26.8. The van der Waals surface area contributed by atoms with E-state index in [0.717, 1.165) is 43.4 Å². The molecule has 1 saturated heterocycles. The van der Waals surface area contributed by atoms with Gasteiger partial charge in [-0.15, -0.1) is 12.4 Å². The molecule has 1 aromatic carbocycles. The Morgan fingerprint density at radius 2 is 1.89 bits per heavy atom. The van der Waals surface area contributed by atoms with Crippen molar-refractivity contribution in [1.82, 2.24) is 10.2 Å². The number of benzene rings is 1. The number of piperidine rings is 1. The highest BCUT2D eigenvalue weighted by molar-refractivity contribution is 5.85. The minimum Gasteiger partial charge on any atom is -0.496 e. The molecule has 1 heterocycles. The number of rotatable bonds is 6. The van der Waals surface area contributed by atoms with Crippen LogP contribution in [0.25, 0.3) is 0 Å². The molecule has 0 unspecified atom stereocenters. The third-order valence-corrected chi connectivity index (χ3v) is 5.91. The van der Waals surface area contributed by atoms with Crippen molar-refractivity contribution < 1.29 is 14.3 Å². The smallest absolute Gasteiger partial charge is 0.227 e. The van der Waals surface area contributed by atoms with Gasteiger partial charge in [0.15, 0.2) is 0 Å². The average Bonchev–Trinajstić information content (AvgIpc) is 3.07. The van der Waals surface area contributed by atoms with Crippen LogP contribution in [-0.2, 0) is 16.0 Å². The highest BCUT2D eigenvalue weighted by Crippen LogP contribution is 2.27. The van der Waals surface area contributed by atoms with E-state index in [9.17, 15) is 9.59 Å². The van der Waals surface area contributed by atoms with Gasteiger partial charge in [-0.1, -0.05) is 24.6 Å². The van der Waals surface area contributed by atoms with Crippen LogP contribution in [0.3, 0.4) is 0 Å². The van der Waals surface area contributed by atoms with Crippen molar-refractivity contribution in [3.63, 3.8) is 0 Å². The van der Waals surface area contributed by atoms with E-state index in [1.807, 2.05) is 29.2 Å². The number of ether oxygens (including phenoxy) is 1. The van der Waals surface area contributed by atoms with E-state index in [4.69, 9.17) is 10.5 Å². The monoisotopic (exact) mass is 409 g/mol. The lowest BCUT2D eigenvalue weighted by molar-refractivity contribution is -0.131. The third kappa shape index (κ3) is 5.85. The number of nitrogens with two attached hydrogens (primary N) is 1. The largest absolute Gasteiger partial charge is 0.496 e. The Hall–Kier alpha value is -1.79.